The van der Waals surface area contributed by atoms with Crippen LogP contribution in [0.25, 0.3) is 0 Å². The van der Waals surface area contributed by atoms with E-state index in [0.29, 0.717) is 24.5 Å². The molecule has 0 N–H and O–H groups in total. The lowest BCUT2D eigenvalue weighted by Crippen LogP contribution is -2.49. The van der Waals surface area contributed by atoms with Gasteiger partial charge in [-0.05, 0) is 24.7 Å². The SMILES string of the molecule is COc1ccccc1OCCC(=O)N1CCN(C)CC1c1ccccc1. The van der Waals surface area contributed by atoms with E-state index in [9.17, 15) is 4.79 Å². The molecule has 0 spiro atoms. The molecule has 1 fully saturated rings. The Morgan fingerprint density at radius 3 is 2.46 bits per heavy atom. The molecule has 0 radical (unpaired) electrons. The largest absolute Gasteiger partial charge is 0.493 e. The first kappa shape index (κ1) is 18.3. The van der Waals surface area contributed by atoms with Crippen molar-refractivity contribution >= 4 is 5.91 Å². The third-order valence-electron chi connectivity index (χ3n) is 4.73. The highest BCUT2D eigenvalue weighted by molar-refractivity contribution is 5.77. The zero-order valence-electron chi connectivity index (χ0n) is 15.4. The molecule has 2 aromatic carbocycles. The lowest BCUT2D eigenvalue weighted by molar-refractivity contribution is -0.136. The molecule has 5 nitrogen and oxygen atoms in total. The van der Waals surface area contributed by atoms with Gasteiger partial charge in [-0.2, -0.15) is 0 Å². The minimum atomic E-state index is 0.0914. The van der Waals surface area contributed by atoms with Crippen LogP contribution in [0.1, 0.15) is 18.0 Å². The molecule has 1 heterocycles. The van der Waals surface area contributed by atoms with Gasteiger partial charge in [-0.1, -0.05) is 42.5 Å². The first-order valence-electron chi connectivity index (χ1n) is 8.98. The fourth-order valence-electron chi connectivity index (χ4n) is 3.31. The predicted molar refractivity (Wildman–Crippen MR) is 101 cm³/mol. The Morgan fingerprint density at radius 1 is 1.04 bits per heavy atom. The van der Waals surface area contributed by atoms with Crippen LogP contribution in [-0.4, -0.2) is 56.1 Å². The van der Waals surface area contributed by atoms with Gasteiger partial charge in [0.1, 0.15) is 0 Å². The summed E-state index contributed by atoms with van der Waals surface area (Å²) >= 11 is 0. The molecule has 1 saturated heterocycles. The Hall–Kier alpha value is -2.53. The van der Waals surface area contributed by atoms with E-state index in [2.05, 4.69) is 24.1 Å². The average Bonchev–Trinajstić information content (AvgIpc) is 2.69. The van der Waals surface area contributed by atoms with Crippen LogP contribution < -0.4 is 9.47 Å². The molecule has 1 amide bonds. The van der Waals surface area contributed by atoms with Gasteiger partial charge in [-0.25, -0.2) is 0 Å². The van der Waals surface area contributed by atoms with Gasteiger partial charge in [0.2, 0.25) is 5.91 Å². The highest BCUT2D eigenvalue weighted by Crippen LogP contribution is 2.27. The van der Waals surface area contributed by atoms with Gasteiger partial charge in [-0.3, -0.25) is 4.79 Å². The molecule has 26 heavy (non-hydrogen) atoms. The van der Waals surface area contributed by atoms with E-state index in [0.717, 1.165) is 19.6 Å². The molecular formula is C21H26N2O3. The predicted octanol–water partition coefficient (Wildman–Crippen LogP) is 2.98. The zero-order valence-corrected chi connectivity index (χ0v) is 15.4. The van der Waals surface area contributed by atoms with Crippen LogP contribution in [0, 0.1) is 0 Å². The van der Waals surface area contributed by atoms with E-state index in [1.165, 1.54) is 5.56 Å². The van der Waals surface area contributed by atoms with Gasteiger partial charge in [0.25, 0.3) is 0 Å². The Kier molecular flexibility index (Phi) is 6.12. The van der Waals surface area contributed by atoms with Gasteiger partial charge >= 0.3 is 0 Å². The van der Waals surface area contributed by atoms with Crippen LogP contribution in [0.15, 0.2) is 54.6 Å². The number of amides is 1. The molecular weight excluding hydrogens is 328 g/mol. The van der Waals surface area contributed by atoms with E-state index in [-0.39, 0.29) is 11.9 Å². The van der Waals surface area contributed by atoms with E-state index in [1.54, 1.807) is 7.11 Å². The molecule has 0 bridgehead atoms. The number of benzene rings is 2. The van der Waals surface area contributed by atoms with Crippen molar-refractivity contribution in [3.05, 3.63) is 60.2 Å². The standard InChI is InChI=1S/C21H26N2O3/c1-22-13-14-23(18(16-22)17-8-4-3-5-9-17)21(24)12-15-26-20-11-7-6-10-19(20)25-2/h3-11,18H,12-16H2,1-2H3. The summed E-state index contributed by atoms with van der Waals surface area (Å²) in [6.45, 7) is 2.82. The first-order chi connectivity index (χ1) is 12.7. The molecule has 1 aliphatic heterocycles. The average molecular weight is 354 g/mol. The smallest absolute Gasteiger partial charge is 0.226 e. The molecule has 0 saturated carbocycles. The molecule has 1 unspecified atom stereocenters. The summed E-state index contributed by atoms with van der Waals surface area (Å²) in [4.78, 5) is 17.1. The third-order valence-corrected chi connectivity index (χ3v) is 4.73. The summed E-state index contributed by atoms with van der Waals surface area (Å²) in [6.07, 6.45) is 0.352. The number of hydrogen-bond donors (Lipinski definition) is 0. The molecule has 1 atom stereocenters. The Labute approximate surface area is 155 Å². The zero-order chi connectivity index (χ0) is 18.4. The number of rotatable bonds is 6. The normalized spacial score (nSPS) is 17.8. The van der Waals surface area contributed by atoms with Crippen molar-refractivity contribution in [2.75, 3.05) is 40.4 Å². The second-order valence-corrected chi connectivity index (χ2v) is 6.53. The second kappa shape index (κ2) is 8.72. The number of likely N-dealkylation sites (N-methyl/N-ethyl adjacent to an activating group) is 1. The molecule has 5 heteroatoms. The Bertz CT molecular complexity index is 720. The lowest BCUT2D eigenvalue weighted by Gasteiger charge is -2.40. The van der Waals surface area contributed by atoms with Gasteiger partial charge in [0, 0.05) is 19.6 Å². The lowest BCUT2D eigenvalue weighted by atomic mass is 10.0. The molecule has 138 valence electrons. The minimum Gasteiger partial charge on any atom is -0.493 e. The van der Waals surface area contributed by atoms with Crippen molar-refractivity contribution in [1.29, 1.82) is 0 Å². The van der Waals surface area contributed by atoms with Crippen molar-refractivity contribution in [1.82, 2.24) is 9.80 Å². The van der Waals surface area contributed by atoms with E-state index < -0.39 is 0 Å². The van der Waals surface area contributed by atoms with Gasteiger partial charge in [0.05, 0.1) is 26.2 Å². The van der Waals surface area contributed by atoms with Crippen LogP contribution >= 0.6 is 0 Å². The van der Waals surface area contributed by atoms with E-state index >= 15 is 0 Å². The van der Waals surface area contributed by atoms with Crippen molar-refractivity contribution in [3.63, 3.8) is 0 Å². The van der Waals surface area contributed by atoms with Gasteiger partial charge in [0.15, 0.2) is 11.5 Å². The maximum Gasteiger partial charge on any atom is 0.226 e. The Morgan fingerprint density at radius 2 is 1.73 bits per heavy atom. The molecule has 3 rings (SSSR count). The maximum absolute atomic E-state index is 12.8. The van der Waals surface area contributed by atoms with Crippen LogP contribution in [0.2, 0.25) is 0 Å². The summed E-state index contributed by atoms with van der Waals surface area (Å²) in [5.41, 5.74) is 1.18. The summed E-state index contributed by atoms with van der Waals surface area (Å²) in [5.74, 6) is 1.48. The number of carbonyl (C=O) groups excluding carboxylic acids is 1. The highest BCUT2D eigenvalue weighted by atomic mass is 16.5. The number of methoxy groups -OCH3 is 1. The number of hydrogen-bond acceptors (Lipinski definition) is 4. The van der Waals surface area contributed by atoms with Crippen LogP contribution in [0.3, 0.4) is 0 Å². The molecule has 0 aromatic heterocycles. The third kappa shape index (κ3) is 4.35. The van der Waals surface area contributed by atoms with Crippen LogP contribution in [-0.2, 0) is 4.79 Å². The van der Waals surface area contributed by atoms with Gasteiger partial charge < -0.3 is 19.3 Å². The number of para-hydroxylation sites is 2. The molecule has 0 aliphatic carbocycles. The van der Waals surface area contributed by atoms with E-state index in [4.69, 9.17) is 9.47 Å². The summed E-state index contributed by atoms with van der Waals surface area (Å²) in [6, 6.07) is 17.8. The van der Waals surface area contributed by atoms with Crippen molar-refractivity contribution in [3.8, 4) is 11.5 Å². The summed E-state index contributed by atoms with van der Waals surface area (Å²) in [5, 5.41) is 0. The molecule has 1 aliphatic rings. The maximum atomic E-state index is 12.8. The second-order valence-electron chi connectivity index (χ2n) is 6.53. The summed E-state index contributed by atoms with van der Waals surface area (Å²) < 4.78 is 11.0. The number of carbonyl (C=O) groups is 1. The number of nitrogens with zero attached hydrogens (tertiary/aromatic N) is 2. The summed E-state index contributed by atoms with van der Waals surface area (Å²) in [7, 11) is 3.71. The number of ether oxygens (including phenoxy) is 2. The van der Waals surface area contributed by atoms with Crippen molar-refractivity contribution in [2.24, 2.45) is 0 Å². The Balaban J connectivity index is 1.62. The van der Waals surface area contributed by atoms with Crippen molar-refractivity contribution in [2.45, 2.75) is 12.5 Å². The number of piperazine rings is 1. The van der Waals surface area contributed by atoms with Crippen molar-refractivity contribution < 1.29 is 14.3 Å². The topological polar surface area (TPSA) is 42.0 Å². The first-order valence-corrected chi connectivity index (χ1v) is 8.98. The monoisotopic (exact) mass is 354 g/mol. The minimum absolute atomic E-state index is 0.0914. The fourth-order valence-corrected chi connectivity index (χ4v) is 3.31. The van der Waals surface area contributed by atoms with Gasteiger partial charge in [-0.15, -0.1) is 0 Å². The highest BCUT2D eigenvalue weighted by Gasteiger charge is 2.29. The molecule has 2 aromatic rings. The fraction of sp³-hybridized carbons (Fsp3) is 0.381. The van der Waals surface area contributed by atoms with Crippen LogP contribution in [0.4, 0.5) is 0 Å². The van der Waals surface area contributed by atoms with E-state index in [1.807, 2.05) is 47.4 Å². The van der Waals surface area contributed by atoms with Crippen LogP contribution in [0.5, 0.6) is 11.5 Å². The quantitative estimate of drug-likeness (QED) is 0.800.